The molecule has 1 aliphatic rings. The molecular weight excluding hydrogens is 204 g/mol. The second-order valence-corrected chi connectivity index (χ2v) is 4.98. The number of carbonyl (C=O) groups is 1. The van der Waals surface area contributed by atoms with E-state index in [2.05, 4.69) is 6.92 Å². The normalized spacial score (nSPS) is 21.2. The Morgan fingerprint density at radius 1 is 1.69 bits per heavy atom. The average molecular weight is 215 g/mol. The van der Waals surface area contributed by atoms with E-state index in [0.29, 0.717) is 0 Å². The third-order valence-corrected chi connectivity index (χ3v) is 3.87. The summed E-state index contributed by atoms with van der Waals surface area (Å²) in [6.45, 7) is 2.25. The van der Waals surface area contributed by atoms with Crippen molar-refractivity contribution in [3.05, 3.63) is 21.4 Å². The molecule has 0 saturated heterocycles. The summed E-state index contributed by atoms with van der Waals surface area (Å²) in [5, 5.41) is 1.60. The summed E-state index contributed by atoms with van der Waals surface area (Å²) >= 11 is 7.16. The van der Waals surface area contributed by atoms with E-state index < -0.39 is 0 Å². The van der Waals surface area contributed by atoms with Crippen LogP contribution in [0, 0.1) is 5.92 Å². The number of hydrogen-bond acceptors (Lipinski definition) is 2. The van der Waals surface area contributed by atoms with Gasteiger partial charge in [-0.15, -0.1) is 11.3 Å². The molecule has 1 heterocycles. The number of halogens is 1. The van der Waals surface area contributed by atoms with Gasteiger partial charge >= 0.3 is 0 Å². The van der Waals surface area contributed by atoms with Crippen molar-refractivity contribution in [3.8, 4) is 0 Å². The number of carbonyl (C=O) groups excluding carboxylic acids is 1. The van der Waals surface area contributed by atoms with Gasteiger partial charge in [0.1, 0.15) is 0 Å². The van der Waals surface area contributed by atoms with E-state index in [4.69, 9.17) is 11.6 Å². The first kappa shape index (κ1) is 9.22. The Morgan fingerprint density at radius 3 is 3.15 bits per heavy atom. The molecule has 3 heteroatoms. The summed E-state index contributed by atoms with van der Waals surface area (Å²) in [6.07, 6.45) is 3.32. The van der Waals surface area contributed by atoms with Crippen molar-refractivity contribution < 1.29 is 4.79 Å². The molecule has 1 nitrogen and oxygen atoms in total. The molecule has 0 aliphatic heterocycles. The molecule has 1 aliphatic carbocycles. The quantitative estimate of drug-likeness (QED) is 0.656. The van der Waals surface area contributed by atoms with Crippen LogP contribution in [0.25, 0.3) is 0 Å². The molecular formula is C10H11ClOS. The summed E-state index contributed by atoms with van der Waals surface area (Å²) in [4.78, 5) is 12.4. The van der Waals surface area contributed by atoms with E-state index in [0.717, 1.165) is 24.3 Å². The number of rotatable bonds is 1. The van der Waals surface area contributed by atoms with Gasteiger partial charge < -0.3 is 0 Å². The lowest BCUT2D eigenvalue weighted by Gasteiger charge is -2.18. The molecule has 0 amide bonds. The maximum absolute atomic E-state index is 11.0. The van der Waals surface area contributed by atoms with Crippen molar-refractivity contribution in [1.82, 2.24) is 0 Å². The van der Waals surface area contributed by atoms with Gasteiger partial charge in [0.15, 0.2) is 0 Å². The highest BCUT2D eigenvalue weighted by atomic mass is 35.5. The standard InChI is InChI=1S/C10H11ClOS/c1-6-2-3-7-8(10(11)12)5-13-9(7)4-6/h5-6H,2-4H2,1H3. The van der Waals surface area contributed by atoms with E-state index in [-0.39, 0.29) is 5.24 Å². The maximum Gasteiger partial charge on any atom is 0.253 e. The van der Waals surface area contributed by atoms with Gasteiger partial charge in [0.2, 0.25) is 0 Å². The minimum Gasteiger partial charge on any atom is -0.276 e. The minimum atomic E-state index is -0.299. The lowest BCUT2D eigenvalue weighted by atomic mass is 9.89. The molecule has 2 rings (SSSR count). The van der Waals surface area contributed by atoms with Crippen molar-refractivity contribution >= 4 is 28.2 Å². The van der Waals surface area contributed by atoms with Crippen molar-refractivity contribution in [1.29, 1.82) is 0 Å². The number of fused-ring (bicyclic) bond motifs is 1. The molecule has 1 unspecified atom stereocenters. The summed E-state index contributed by atoms with van der Waals surface area (Å²) < 4.78 is 0. The molecule has 1 aromatic heterocycles. The van der Waals surface area contributed by atoms with Crippen LogP contribution >= 0.6 is 22.9 Å². The third-order valence-electron chi connectivity index (χ3n) is 2.61. The Kier molecular flexibility index (Phi) is 2.43. The largest absolute Gasteiger partial charge is 0.276 e. The fourth-order valence-corrected chi connectivity index (χ4v) is 3.32. The van der Waals surface area contributed by atoms with Crippen LogP contribution in [0.2, 0.25) is 0 Å². The Labute approximate surface area is 86.7 Å². The fraction of sp³-hybridized carbons (Fsp3) is 0.500. The molecule has 13 heavy (non-hydrogen) atoms. The zero-order valence-electron chi connectivity index (χ0n) is 7.47. The predicted molar refractivity (Wildman–Crippen MR) is 55.7 cm³/mol. The van der Waals surface area contributed by atoms with E-state index in [9.17, 15) is 4.79 Å². The van der Waals surface area contributed by atoms with Crippen LogP contribution in [0.5, 0.6) is 0 Å². The number of thiophene rings is 1. The first-order valence-corrected chi connectivity index (χ1v) is 5.73. The second-order valence-electron chi connectivity index (χ2n) is 3.67. The molecule has 0 aromatic carbocycles. The molecule has 1 atom stereocenters. The van der Waals surface area contributed by atoms with Gasteiger partial charge in [-0.25, -0.2) is 0 Å². The molecule has 70 valence electrons. The Balaban J connectivity index is 2.39. The van der Waals surface area contributed by atoms with Gasteiger partial charge in [-0.3, -0.25) is 4.79 Å². The van der Waals surface area contributed by atoms with Crippen molar-refractivity contribution in [2.24, 2.45) is 5.92 Å². The van der Waals surface area contributed by atoms with Gasteiger partial charge in [-0.05, 0) is 42.3 Å². The monoisotopic (exact) mass is 214 g/mol. The SMILES string of the molecule is CC1CCc2c(C(=O)Cl)csc2C1. The lowest BCUT2D eigenvalue weighted by Crippen LogP contribution is -2.10. The first-order valence-electron chi connectivity index (χ1n) is 4.47. The van der Waals surface area contributed by atoms with Crippen LogP contribution in [-0.4, -0.2) is 5.24 Å². The molecule has 0 radical (unpaired) electrons. The van der Waals surface area contributed by atoms with Crippen molar-refractivity contribution in [2.45, 2.75) is 26.2 Å². The highest BCUT2D eigenvalue weighted by Crippen LogP contribution is 2.33. The smallest absolute Gasteiger partial charge is 0.253 e. The maximum atomic E-state index is 11.0. The van der Waals surface area contributed by atoms with Crippen molar-refractivity contribution in [3.63, 3.8) is 0 Å². The predicted octanol–water partition coefficient (Wildman–Crippen LogP) is 3.25. The zero-order chi connectivity index (χ0) is 9.42. The molecule has 0 N–H and O–H groups in total. The lowest BCUT2D eigenvalue weighted by molar-refractivity contribution is 0.108. The topological polar surface area (TPSA) is 17.1 Å². The average Bonchev–Trinajstić information content (AvgIpc) is 2.46. The van der Waals surface area contributed by atoms with Crippen LogP contribution in [0.3, 0.4) is 0 Å². The van der Waals surface area contributed by atoms with Crippen LogP contribution in [0.4, 0.5) is 0 Å². The molecule has 0 fully saturated rings. The van der Waals surface area contributed by atoms with E-state index >= 15 is 0 Å². The Morgan fingerprint density at radius 2 is 2.46 bits per heavy atom. The fourth-order valence-electron chi connectivity index (χ4n) is 1.84. The van der Waals surface area contributed by atoms with Crippen molar-refractivity contribution in [2.75, 3.05) is 0 Å². The van der Waals surface area contributed by atoms with Gasteiger partial charge in [0.25, 0.3) is 5.24 Å². The summed E-state index contributed by atoms with van der Waals surface area (Å²) in [6, 6.07) is 0. The van der Waals surface area contributed by atoms with Gasteiger partial charge in [0.05, 0.1) is 0 Å². The summed E-state index contributed by atoms with van der Waals surface area (Å²) in [5.74, 6) is 0.754. The van der Waals surface area contributed by atoms with Gasteiger partial charge in [0, 0.05) is 15.8 Å². The number of hydrogen-bond donors (Lipinski definition) is 0. The van der Waals surface area contributed by atoms with Crippen LogP contribution in [0.1, 0.15) is 34.1 Å². The highest BCUT2D eigenvalue weighted by Gasteiger charge is 2.21. The van der Waals surface area contributed by atoms with Crippen LogP contribution < -0.4 is 0 Å². The highest BCUT2D eigenvalue weighted by molar-refractivity contribution is 7.10. The van der Waals surface area contributed by atoms with Crippen LogP contribution in [-0.2, 0) is 12.8 Å². The zero-order valence-corrected chi connectivity index (χ0v) is 9.04. The summed E-state index contributed by atoms with van der Waals surface area (Å²) in [7, 11) is 0. The van der Waals surface area contributed by atoms with E-state index in [1.807, 2.05) is 5.38 Å². The Bertz CT molecular complexity index is 343. The molecule has 0 spiro atoms. The minimum absolute atomic E-state index is 0.299. The Hall–Kier alpha value is -0.340. The molecule has 0 saturated carbocycles. The molecule has 0 bridgehead atoms. The second kappa shape index (κ2) is 3.43. The third kappa shape index (κ3) is 1.65. The van der Waals surface area contributed by atoms with Crippen LogP contribution in [0.15, 0.2) is 5.38 Å². The van der Waals surface area contributed by atoms with E-state index in [1.54, 1.807) is 11.3 Å². The summed E-state index contributed by atoms with van der Waals surface area (Å²) in [5.41, 5.74) is 1.96. The van der Waals surface area contributed by atoms with Gasteiger partial charge in [-0.2, -0.15) is 0 Å². The molecule has 1 aromatic rings. The first-order chi connectivity index (χ1) is 6.18. The van der Waals surface area contributed by atoms with Gasteiger partial charge in [-0.1, -0.05) is 6.92 Å². The van der Waals surface area contributed by atoms with E-state index in [1.165, 1.54) is 16.9 Å².